The summed E-state index contributed by atoms with van der Waals surface area (Å²) in [6.45, 7) is 4.38. The van der Waals surface area contributed by atoms with E-state index in [0.717, 1.165) is 11.3 Å². The average Bonchev–Trinajstić information content (AvgIpc) is 2.55. The summed E-state index contributed by atoms with van der Waals surface area (Å²) < 4.78 is 5.67. The zero-order chi connectivity index (χ0) is 17.5. The second-order valence-electron chi connectivity index (χ2n) is 5.84. The van der Waals surface area contributed by atoms with Crippen LogP contribution in [0.15, 0.2) is 42.5 Å². The maximum absolute atomic E-state index is 12.0. The van der Waals surface area contributed by atoms with E-state index in [-0.39, 0.29) is 11.9 Å². The lowest BCUT2D eigenvalue weighted by molar-refractivity contribution is -0.121. The molecule has 3 nitrogen and oxygen atoms in total. The fourth-order valence-corrected chi connectivity index (χ4v) is 2.52. The minimum Gasteiger partial charge on any atom is -0.491 e. The lowest BCUT2D eigenvalue weighted by Crippen LogP contribution is -2.36. The van der Waals surface area contributed by atoms with Crippen LogP contribution in [0.5, 0.6) is 5.75 Å². The number of hydrogen-bond acceptors (Lipinski definition) is 2. The van der Waals surface area contributed by atoms with Gasteiger partial charge >= 0.3 is 0 Å². The van der Waals surface area contributed by atoms with E-state index < -0.39 is 0 Å². The Balaban J connectivity index is 1.72. The van der Waals surface area contributed by atoms with Gasteiger partial charge in [-0.25, -0.2) is 0 Å². The van der Waals surface area contributed by atoms with E-state index in [1.807, 2.05) is 44.2 Å². The minimum atomic E-state index is -0.0624. The number of nitrogens with one attached hydrogen (secondary N) is 1. The molecule has 0 saturated heterocycles. The van der Waals surface area contributed by atoms with Crippen LogP contribution in [0, 0.1) is 6.92 Å². The van der Waals surface area contributed by atoms with Crippen molar-refractivity contribution in [2.75, 3.05) is 6.61 Å². The monoisotopic (exact) mass is 365 g/mol. The van der Waals surface area contributed by atoms with Crippen molar-refractivity contribution in [2.24, 2.45) is 0 Å². The molecule has 0 heterocycles. The van der Waals surface area contributed by atoms with Crippen LogP contribution in [0.2, 0.25) is 10.0 Å². The van der Waals surface area contributed by atoms with Crippen molar-refractivity contribution in [3.8, 4) is 5.75 Å². The van der Waals surface area contributed by atoms with Gasteiger partial charge in [0.15, 0.2) is 0 Å². The van der Waals surface area contributed by atoms with Crippen molar-refractivity contribution in [3.63, 3.8) is 0 Å². The lowest BCUT2D eigenvalue weighted by atomic mass is 10.1. The zero-order valence-corrected chi connectivity index (χ0v) is 15.3. The Labute approximate surface area is 152 Å². The molecule has 1 atom stereocenters. The second kappa shape index (κ2) is 8.95. The molecule has 0 bridgehead atoms. The van der Waals surface area contributed by atoms with E-state index in [2.05, 4.69) is 5.32 Å². The topological polar surface area (TPSA) is 38.3 Å². The summed E-state index contributed by atoms with van der Waals surface area (Å²) in [4.78, 5) is 12.0. The van der Waals surface area contributed by atoms with Gasteiger partial charge in [-0.1, -0.05) is 47.0 Å². The summed E-state index contributed by atoms with van der Waals surface area (Å²) in [6.07, 6.45) is 1.01. The highest BCUT2D eigenvalue weighted by molar-refractivity contribution is 6.42. The Kier molecular flexibility index (Phi) is 6.95. The van der Waals surface area contributed by atoms with Gasteiger partial charge in [-0.05, 0) is 50.1 Å². The van der Waals surface area contributed by atoms with E-state index in [4.69, 9.17) is 27.9 Å². The first-order valence-corrected chi connectivity index (χ1v) is 8.62. The maximum Gasteiger partial charge on any atom is 0.220 e. The van der Waals surface area contributed by atoms with Crippen LogP contribution in [0.25, 0.3) is 0 Å². The molecular formula is C19H21Cl2NO2. The molecule has 0 unspecified atom stereocenters. The number of hydrogen-bond donors (Lipinski definition) is 1. The normalized spacial score (nSPS) is 11.8. The largest absolute Gasteiger partial charge is 0.491 e. The average molecular weight is 366 g/mol. The van der Waals surface area contributed by atoms with E-state index in [9.17, 15) is 4.79 Å². The second-order valence-corrected chi connectivity index (χ2v) is 6.66. The molecule has 0 saturated carbocycles. The van der Waals surface area contributed by atoms with Gasteiger partial charge in [0.05, 0.1) is 16.1 Å². The molecule has 0 radical (unpaired) electrons. The predicted octanol–water partition coefficient (Wildman–Crippen LogP) is 4.82. The van der Waals surface area contributed by atoms with Crippen LogP contribution >= 0.6 is 23.2 Å². The minimum absolute atomic E-state index is 0.0129. The summed E-state index contributed by atoms with van der Waals surface area (Å²) in [5, 5.41) is 3.96. The molecule has 0 aliphatic carbocycles. The number of carbonyl (C=O) groups excluding carboxylic acids is 1. The van der Waals surface area contributed by atoms with Crippen molar-refractivity contribution in [2.45, 2.75) is 32.7 Å². The third-order valence-corrected chi connectivity index (χ3v) is 4.29. The van der Waals surface area contributed by atoms with Crippen LogP contribution in [0.3, 0.4) is 0 Å². The third kappa shape index (κ3) is 6.06. The summed E-state index contributed by atoms with van der Waals surface area (Å²) in [5.41, 5.74) is 2.18. The molecule has 0 aliphatic rings. The van der Waals surface area contributed by atoms with Crippen molar-refractivity contribution >= 4 is 29.1 Å². The number of halogens is 2. The first-order valence-electron chi connectivity index (χ1n) is 7.87. The number of amides is 1. The van der Waals surface area contributed by atoms with Crippen LogP contribution in [0.1, 0.15) is 24.5 Å². The number of benzene rings is 2. The molecule has 0 fully saturated rings. The van der Waals surface area contributed by atoms with Gasteiger partial charge in [0.25, 0.3) is 0 Å². The Morgan fingerprint density at radius 1 is 1.12 bits per heavy atom. The maximum atomic E-state index is 12.0. The molecular weight excluding hydrogens is 345 g/mol. The Morgan fingerprint density at radius 3 is 2.50 bits per heavy atom. The van der Waals surface area contributed by atoms with Crippen molar-refractivity contribution in [3.05, 3.63) is 63.6 Å². The molecule has 1 amide bonds. The van der Waals surface area contributed by atoms with Crippen LogP contribution < -0.4 is 10.1 Å². The van der Waals surface area contributed by atoms with Gasteiger partial charge in [-0.2, -0.15) is 0 Å². The highest BCUT2D eigenvalue weighted by Crippen LogP contribution is 2.23. The van der Waals surface area contributed by atoms with E-state index in [0.29, 0.717) is 29.5 Å². The van der Waals surface area contributed by atoms with Crippen molar-refractivity contribution in [1.82, 2.24) is 5.32 Å². The molecule has 2 rings (SSSR count). The number of ether oxygens (including phenoxy) is 1. The molecule has 0 aliphatic heterocycles. The number of aryl methyl sites for hydroxylation is 2. The van der Waals surface area contributed by atoms with Gasteiger partial charge in [-0.15, -0.1) is 0 Å². The van der Waals surface area contributed by atoms with Gasteiger partial charge in [0, 0.05) is 6.42 Å². The van der Waals surface area contributed by atoms with Crippen molar-refractivity contribution < 1.29 is 9.53 Å². The molecule has 0 aromatic heterocycles. The van der Waals surface area contributed by atoms with Crippen LogP contribution in [-0.4, -0.2) is 18.6 Å². The van der Waals surface area contributed by atoms with E-state index >= 15 is 0 Å². The Hall–Kier alpha value is -1.71. The molecule has 5 heteroatoms. The number of rotatable bonds is 7. The van der Waals surface area contributed by atoms with Crippen molar-refractivity contribution in [1.29, 1.82) is 0 Å². The van der Waals surface area contributed by atoms with Crippen LogP contribution in [-0.2, 0) is 11.2 Å². The molecule has 2 aromatic carbocycles. The summed E-state index contributed by atoms with van der Waals surface area (Å²) in [7, 11) is 0. The lowest BCUT2D eigenvalue weighted by Gasteiger charge is -2.15. The zero-order valence-electron chi connectivity index (χ0n) is 13.8. The first-order chi connectivity index (χ1) is 11.4. The molecule has 2 aromatic rings. The Bertz CT molecular complexity index is 686. The summed E-state index contributed by atoms with van der Waals surface area (Å²) in [5.74, 6) is 0.790. The highest BCUT2D eigenvalue weighted by Gasteiger charge is 2.09. The van der Waals surface area contributed by atoms with Crippen LogP contribution in [0.4, 0.5) is 0 Å². The molecule has 128 valence electrons. The fourth-order valence-electron chi connectivity index (χ4n) is 2.20. The smallest absolute Gasteiger partial charge is 0.220 e. The van der Waals surface area contributed by atoms with Gasteiger partial charge in [-0.3, -0.25) is 4.79 Å². The first kappa shape index (κ1) is 18.6. The third-order valence-electron chi connectivity index (χ3n) is 3.55. The van der Waals surface area contributed by atoms with E-state index in [1.54, 1.807) is 12.1 Å². The van der Waals surface area contributed by atoms with E-state index in [1.165, 1.54) is 5.56 Å². The summed E-state index contributed by atoms with van der Waals surface area (Å²) >= 11 is 11.9. The number of carbonyl (C=O) groups is 1. The summed E-state index contributed by atoms with van der Waals surface area (Å²) in [6, 6.07) is 13.2. The van der Waals surface area contributed by atoms with Gasteiger partial charge in [0.2, 0.25) is 5.91 Å². The molecule has 1 N–H and O–H groups in total. The fraction of sp³-hybridized carbons (Fsp3) is 0.316. The Morgan fingerprint density at radius 2 is 1.83 bits per heavy atom. The SMILES string of the molecule is Cc1ccc(OC[C@H](C)NC(=O)CCc2ccc(Cl)c(Cl)c2)cc1. The predicted molar refractivity (Wildman–Crippen MR) is 99.1 cm³/mol. The highest BCUT2D eigenvalue weighted by atomic mass is 35.5. The standard InChI is InChI=1S/C19H21Cl2NO2/c1-13-3-7-16(8-4-13)24-12-14(2)22-19(23)10-6-15-5-9-17(20)18(21)11-15/h3-5,7-9,11,14H,6,10,12H2,1-2H3,(H,22,23)/t14-/m0/s1. The molecule has 0 spiro atoms. The molecule has 24 heavy (non-hydrogen) atoms. The quantitative estimate of drug-likeness (QED) is 0.763. The van der Waals surface area contributed by atoms with Gasteiger partial charge < -0.3 is 10.1 Å². The van der Waals surface area contributed by atoms with Gasteiger partial charge in [0.1, 0.15) is 12.4 Å².